The smallest absolute Gasteiger partial charge is 0.266 e. The van der Waals surface area contributed by atoms with Crippen LogP contribution in [0.4, 0.5) is 5.69 Å². The van der Waals surface area contributed by atoms with Crippen LogP contribution in [0.2, 0.25) is 0 Å². The molecule has 8 heteroatoms. The Kier molecular flexibility index (Phi) is 6.11. The van der Waals surface area contributed by atoms with Gasteiger partial charge in [0.05, 0.1) is 35.1 Å². The van der Waals surface area contributed by atoms with Crippen LogP contribution in [0.15, 0.2) is 87.6 Å². The van der Waals surface area contributed by atoms with Gasteiger partial charge >= 0.3 is 0 Å². The number of carbonyl (C=O) groups is 1. The Morgan fingerprint density at radius 1 is 1.03 bits per heavy atom. The molecule has 5 rings (SSSR count). The van der Waals surface area contributed by atoms with Gasteiger partial charge in [-0.25, -0.2) is 4.98 Å². The maximum absolute atomic E-state index is 13.5. The van der Waals surface area contributed by atoms with Gasteiger partial charge in [-0.05, 0) is 36.4 Å². The van der Waals surface area contributed by atoms with Crippen molar-refractivity contribution in [1.82, 2.24) is 9.55 Å². The van der Waals surface area contributed by atoms with Gasteiger partial charge in [-0.15, -0.1) is 11.8 Å². The van der Waals surface area contributed by atoms with Gasteiger partial charge in [-0.1, -0.05) is 48.2 Å². The number of rotatable bonds is 5. The predicted molar refractivity (Wildman–Crippen MR) is 134 cm³/mol. The molecule has 0 radical (unpaired) electrons. The minimum atomic E-state index is -0.195. The maximum atomic E-state index is 13.5. The molecule has 0 bridgehead atoms. The van der Waals surface area contributed by atoms with E-state index >= 15 is 0 Å². The van der Waals surface area contributed by atoms with Gasteiger partial charge < -0.3 is 9.64 Å². The average molecular weight is 476 g/mol. The molecule has 1 amide bonds. The monoisotopic (exact) mass is 475 g/mol. The SMILES string of the molecule is COc1ccccc1-n1c(SCC(=O)N2CCSc3ccccc32)nc2ccccc2c1=O. The van der Waals surface area contributed by atoms with Crippen LogP contribution < -0.4 is 15.2 Å². The number of fused-ring (bicyclic) bond motifs is 2. The summed E-state index contributed by atoms with van der Waals surface area (Å²) in [6, 6.07) is 22.5. The van der Waals surface area contributed by atoms with Gasteiger partial charge in [0, 0.05) is 17.2 Å². The summed E-state index contributed by atoms with van der Waals surface area (Å²) in [6.45, 7) is 0.658. The van der Waals surface area contributed by atoms with Crippen LogP contribution in [0.25, 0.3) is 16.6 Å². The minimum absolute atomic E-state index is 0.0123. The zero-order valence-corrected chi connectivity index (χ0v) is 19.6. The topological polar surface area (TPSA) is 64.4 Å². The number of benzene rings is 3. The molecule has 1 aliphatic rings. The largest absolute Gasteiger partial charge is 0.495 e. The molecule has 0 saturated carbocycles. The number of ether oxygens (including phenoxy) is 1. The lowest BCUT2D eigenvalue weighted by Crippen LogP contribution is -2.36. The number of hydrogen-bond acceptors (Lipinski definition) is 6. The van der Waals surface area contributed by atoms with Crippen molar-refractivity contribution in [3.05, 3.63) is 83.2 Å². The first-order valence-corrected chi connectivity index (χ1v) is 12.4. The highest BCUT2D eigenvalue weighted by molar-refractivity contribution is 8.00. The van der Waals surface area contributed by atoms with Crippen LogP contribution in [0, 0.1) is 0 Å². The highest BCUT2D eigenvalue weighted by Gasteiger charge is 2.24. The van der Waals surface area contributed by atoms with Crippen molar-refractivity contribution in [2.75, 3.05) is 30.1 Å². The number of amides is 1. The third-order valence-electron chi connectivity index (χ3n) is 5.43. The summed E-state index contributed by atoms with van der Waals surface area (Å²) >= 11 is 3.02. The van der Waals surface area contributed by atoms with Gasteiger partial charge in [0.15, 0.2) is 5.16 Å². The first-order valence-electron chi connectivity index (χ1n) is 10.5. The van der Waals surface area contributed by atoms with E-state index in [-0.39, 0.29) is 17.2 Å². The molecule has 0 spiro atoms. The molecule has 1 aromatic heterocycles. The fourth-order valence-electron chi connectivity index (χ4n) is 3.87. The lowest BCUT2D eigenvalue weighted by Gasteiger charge is -2.29. The van der Waals surface area contributed by atoms with Crippen LogP contribution in [0.5, 0.6) is 5.75 Å². The number of carbonyl (C=O) groups excluding carboxylic acids is 1. The van der Waals surface area contributed by atoms with Crippen molar-refractivity contribution < 1.29 is 9.53 Å². The van der Waals surface area contributed by atoms with Crippen molar-refractivity contribution in [3.63, 3.8) is 0 Å². The summed E-state index contributed by atoms with van der Waals surface area (Å²) in [5, 5.41) is 0.970. The molecule has 6 nitrogen and oxygen atoms in total. The first kappa shape index (κ1) is 21.6. The lowest BCUT2D eigenvalue weighted by atomic mass is 10.2. The normalized spacial score (nSPS) is 13.1. The molecule has 0 unspecified atom stereocenters. The summed E-state index contributed by atoms with van der Waals surface area (Å²) in [5.41, 5.74) is 1.94. The third kappa shape index (κ3) is 4.12. The molecule has 166 valence electrons. The highest BCUT2D eigenvalue weighted by atomic mass is 32.2. The van der Waals surface area contributed by atoms with E-state index < -0.39 is 0 Å². The molecule has 0 saturated heterocycles. The van der Waals surface area contributed by atoms with Gasteiger partial charge in [-0.2, -0.15) is 0 Å². The van der Waals surface area contributed by atoms with E-state index in [0.29, 0.717) is 34.0 Å². The zero-order chi connectivity index (χ0) is 22.8. The molecule has 1 aliphatic heterocycles. The number of anilines is 1. The Bertz CT molecular complexity index is 1400. The van der Waals surface area contributed by atoms with E-state index in [9.17, 15) is 9.59 Å². The number of thioether (sulfide) groups is 2. The Hall–Kier alpha value is -3.23. The van der Waals surface area contributed by atoms with Crippen molar-refractivity contribution in [2.45, 2.75) is 10.1 Å². The van der Waals surface area contributed by atoms with Crippen LogP contribution >= 0.6 is 23.5 Å². The van der Waals surface area contributed by atoms with E-state index in [1.807, 2.05) is 65.6 Å². The second kappa shape index (κ2) is 9.33. The summed E-state index contributed by atoms with van der Waals surface area (Å²) in [6.07, 6.45) is 0. The summed E-state index contributed by atoms with van der Waals surface area (Å²) in [7, 11) is 1.57. The summed E-state index contributed by atoms with van der Waals surface area (Å²) in [5.74, 6) is 1.57. The number of methoxy groups -OCH3 is 1. The summed E-state index contributed by atoms with van der Waals surface area (Å²) in [4.78, 5) is 34.4. The van der Waals surface area contributed by atoms with E-state index in [1.54, 1.807) is 35.6 Å². The van der Waals surface area contributed by atoms with Crippen LogP contribution in [-0.4, -0.2) is 40.6 Å². The number of nitrogens with zero attached hydrogens (tertiary/aromatic N) is 3. The van der Waals surface area contributed by atoms with Crippen molar-refractivity contribution in [2.24, 2.45) is 0 Å². The molecule has 0 fully saturated rings. The molecule has 0 N–H and O–H groups in total. The quantitative estimate of drug-likeness (QED) is 0.310. The van der Waals surface area contributed by atoms with E-state index in [4.69, 9.17) is 9.72 Å². The molecule has 33 heavy (non-hydrogen) atoms. The Balaban J connectivity index is 1.53. The molecule has 3 aromatic carbocycles. The number of hydrogen-bond donors (Lipinski definition) is 0. The van der Waals surface area contributed by atoms with Gasteiger partial charge in [0.1, 0.15) is 5.75 Å². The molecular formula is C25H21N3O3S2. The van der Waals surface area contributed by atoms with Crippen LogP contribution in [-0.2, 0) is 4.79 Å². The van der Waals surface area contributed by atoms with E-state index in [2.05, 4.69) is 0 Å². The molecule has 0 aliphatic carbocycles. The molecular weight excluding hydrogens is 454 g/mol. The molecule has 2 heterocycles. The molecule has 4 aromatic rings. The Morgan fingerprint density at radius 2 is 1.76 bits per heavy atom. The summed E-state index contributed by atoms with van der Waals surface area (Å²) < 4.78 is 7.05. The lowest BCUT2D eigenvalue weighted by molar-refractivity contribution is -0.116. The molecule has 0 atom stereocenters. The predicted octanol–water partition coefficient (Wildman–Crippen LogP) is 4.63. The van der Waals surface area contributed by atoms with Crippen molar-refractivity contribution in [3.8, 4) is 11.4 Å². The second-order valence-corrected chi connectivity index (χ2v) is 9.45. The fraction of sp³-hybridized carbons (Fsp3) is 0.160. The van der Waals surface area contributed by atoms with Gasteiger partial charge in [0.25, 0.3) is 5.56 Å². The van der Waals surface area contributed by atoms with Gasteiger partial charge in [0.2, 0.25) is 5.91 Å². The van der Waals surface area contributed by atoms with Gasteiger partial charge in [-0.3, -0.25) is 14.2 Å². The highest BCUT2D eigenvalue weighted by Crippen LogP contribution is 2.35. The third-order valence-corrected chi connectivity index (χ3v) is 7.39. The van der Waals surface area contributed by atoms with Crippen LogP contribution in [0.3, 0.4) is 0 Å². The second-order valence-electron chi connectivity index (χ2n) is 7.37. The zero-order valence-electron chi connectivity index (χ0n) is 17.9. The Labute approximate surface area is 199 Å². The fourth-order valence-corrected chi connectivity index (χ4v) is 5.75. The van der Waals surface area contributed by atoms with E-state index in [1.165, 1.54) is 11.8 Å². The van der Waals surface area contributed by atoms with Crippen molar-refractivity contribution in [1.29, 1.82) is 0 Å². The average Bonchev–Trinajstić information content (AvgIpc) is 2.87. The number of aromatic nitrogens is 2. The standard InChI is InChI=1S/C25H21N3O3S2/c1-31-21-12-6-4-10-19(21)28-24(30)17-8-2-3-9-18(17)26-25(28)33-16-23(29)27-14-15-32-22-13-7-5-11-20(22)27/h2-13H,14-16H2,1H3. The van der Waals surface area contributed by atoms with Crippen molar-refractivity contribution >= 4 is 46.0 Å². The minimum Gasteiger partial charge on any atom is -0.495 e. The first-order chi connectivity index (χ1) is 16.2. The van der Waals surface area contributed by atoms with Crippen LogP contribution in [0.1, 0.15) is 0 Å². The maximum Gasteiger partial charge on any atom is 0.266 e. The van der Waals surface area contributed by atoms with E-state index in [0.717, 1.165) is 16.3 Å². The number of para-hydroxylation sites is 4. The Morgan fingerprint density at radius 3 is 2.61 bits per heavy atom.